The van der Waals surface area contributed by atoms with Crippen LogP contribution in [0.25, 0.3) is 65.4 Å². The Hall–Kier alpha value is -5.02. The van der Waals surface area contributed by atoms with Crippen LogP contribution in [0, 0.1) is 0 Å². The molecule has 6 nitrogen and oxygen atoms in total. The fourth-order valence-corrected chi connectivity index (χ4v) is 8.99. The van der Waals surface area contributed by atoms with Gasteiger partial charge in [0.15, 0.2) is 0 Å². The molecule has 6 aromatic rings. The first-order valence-electron chi connectivity index (χ1n) is 18.3. The van der Waals surface area contributed by atoms with E-state index in [1.54, 1.807) is 0 Å². The van der Waals surface area contributed by atoms with Gasteiger partial charge in [0.1, 0.15) is 11.5 Å². The molecule has 7 heteroatoms. The number of rotatable bonds is 9. The van der Waals surface area contributed by atoms with Crippen LogP contribution in [0.2, 0.25) is 0 Å². The van der Waals surface area contributed by atoms with E-state index < -0.39 is 7.75 Å². The van der Waals surface area contributed by atoms with Gasteiger partial charge in [-0.25, -0.2) is 4.57 Å². The number of aryl methyl sites for hydroxylation is 6. The molecule has 0 saturated heterocycles. The molecule has 0 unspecified atom stereocenters. The second-order valence-electron chi connectivity index (χ2n) is 13.2. The van der Waals surface area contributed by atoms with Crippen molar-refractivity contribution < 1.29 is 13.6 Å². The Morgan fingerprint density at radius 3 is 1.25 bits per heavy atom. The number of nitrogens with zero attached hydrogens (tertiary/aromatic N) is 3. The van der Waals surface area contributed by atoms with Crippen LogP contribution in [0.1, 0.15) is 74.9 Å². The van der Waals surface area contributed by atoms with Crippen molar-refractivity contribution in [3.8, 4) is 44.9 Å². The summed E-state index contributed by atoms with van der Waals surface area (Å²) in [6, 6.07) is 29.9. The molecule has 0 spiro atoms. The Bertz CT molecular complexity index is 2230. The quantitative estimate of drug-likeness (QED) is 0.0654. The van der Waals surface area contributed by atoms with Gasteiger partial charge in [0.05, 0.1) is 0 Å². The highest BCUT2D eigenvalue weighted by Crippen LogP contribution is 2.64. The number of hydrogen-bond donors (Lipinski definition) is 0. The van der Waals surface area contributed by atoms with Crippen molar-refractivity contribution in [1.29, 1.82) is 0 Å². The summed E-state index contributed by atoms with van der Waals surface area (Å²) in [5, 5.41) is 3.92. The average molecular weight is 694 g/mol. The van der Waals surface area contributed by atoms with Crippen LogP contribution in [0.4, 0.5) is 0 Å². The molecule has 0 amide bonds. The molecular formula is C44H44N3O3P. The normalized spacial score (nSPS) is 13.1. The van der Waals surface area contributed by atoms with Gasteiger partial charge in [0.2, 0.25) is 0 Å². The summed E-state index contributed by atoms with van der Waals surface area (Å²) in [5.74, 6) is 0.818. The van der Waals surface area contributed by atoms with Crippen LogP contribution in [-0.2, 0) is 43.1 Å². The molecule has 0 atom stereocenters. The Balaban J connectivity index is 1.74. The van der Waals surface area contributed by atoms with Gasteiger partial charge < -0.3 is 9.05 Å². The molecule has 258 valence electrons. The zero-order valence-electron chi connectivity index (χ0n) is 30.3. The molecule has 1 heterocycles. The van der Waals surface area contributed by atoms with E-state index in [9.17, 15) is 10.1 Å². The maximum Gasteiger partial charge on any atom is 0.525 e. The Kier molecular flexibility index (Phi) is 9.42. The molecular weight excluding hydrogens is 649 g/mol. The summed E-state index contributed by atoms with van der Waals surface area (Å²) in [6.07, 6.45) is 5.07. The van der Waals surface area contributed by atoms with E-state index in [-0.39, 0.29) is 0 Å². The van der Waals surface area contributed by atoms with Gasteiger partial charge in [-0.15, -0.1) is 0 Å². The number of fused-ring (bicyclic) bond motifs is 7. The lowest BCUT2D eigenvalue weighted by molar-refractivity contribution is 0.393. The molecule has 0 aromatic heterocycles. The summed E-state index contributed by atoms with van der Waals surface area (Å²) in [7, 11) is -4.49. The fourth-order valence-electron chi connectivity index (χ4n) is 7.94. The standard InChI is InChI=1S/C44H44N3O3P/c1-7-27-21-29(9-3)39(30(10-4)22-27)37-25-33-17-13-15-19-35(33)41-42-36-20-16-14-18-34(36)26-38(44(42)50-51(48,47-46-45)49-43(37)41)40-31(11-5)23-28(8-2)24-32(40)12-6/h13-26H,7-12H2,1-6H3. The average Bonchev–Trinajstić information content (AvgIpc) is 3.30. The molecule has 0 radical (unpaired) electrons. The Morgan fingerprint density at radius 2 is 0.922 bits per heavy atom. The maximum atomic E-state index is 15.0. The first-order valence-corrected chi connectivity index (χ1v) is 19.8. The van der Waals surface area contributed by atoms with Crippen molar-refractivity contribution in [2.45, 2.75) is 80.1 Å². The van der Waals surface area contributed by atoms with E-state index in [0.717, 1.165) is 93.5 Å². The first kappa shape index (κ1) is 34.4. The van der Waals surface area contributed by atoms with E-state index in [1.165, 1.54) is 33.4 Å². The lowest BCUT2D eigenvalue weighted by atomic mass is 9.82. The molecule has 0 fully saturated rings. The monoisotopic (exact) mass is 693 g/mol. The van der Waals surface area contributed by atoms with Crippen molar-refractivity contribution in [1.82, 2.24) is 0 Å². The van der Waals surface area contributed by atoms with E-state index >= 15 is 0 Å². The van der Waals surface area contributed by atoms with Gasteiger partial charge >= 0.3 is 7.75 Å². The van der Waals surface area contributed by atoms with Gasteiger partial charge in [-0.3, -0.25) is 0 Å². The molecule has 0 aliphatic carbocycles. The minimum atomic E-state index is -4.49. The van der Waals surface area contributed by atoms with E-state index in [2.05, 4.69) is 112 Å². The molecule has 0 saturated carbocycles. The minimum Gasteiger partial charge on any atom is -0.410 e. The molecule has 1 aliphatic heterocycles. The number of hydrogen-bond acceptors (Lipinski definition) is 3. The van der Waals surface area contributed by atoms with Crippen LogP contribution in [-0.4, -0.2) is 0 Å². The topological polar surface area (TPSA) is 84.3 Å². The van der Waals surface area contributed by atoms with E-state index in [0.29, 0.717) is 11.5 Å². The highest BCUT2D eigenvalue weighted by atomic mass is 31.2. The van der Waals surface area contributed by atoms with E-state index in [1.807, 2.05) is 24.3 Å². The van der Waals surface area contributed by atoms with Gasteiger partial charge in [-0.2, -0.15) is 0 Å². The molecule has 7 rings (SSSR count). The summed E-state index contributed by atoms with van der Waals surface area (Å²) >= 11 is 0. The van der Waals surface area contributed by atoms with Crippen LogP contribution in [0.15, 0.2) is 89.8 Å². The third-order valence-corrected chi connectivity index (χ3v) is 11.5. The van der Waals surface area contributed by atoms with E-state index in [4.69, 9.17) is 9.05 Å². The highest BCUT2D eigenvalue weighted by molar-refractivity contribution is 7.53. The van der Waals surface area contributed by atoms with Crippen LogP contribution in [0.3, 0.4) is 0 Å². The van der Waals surface area contributed by atoms with Gasteiger partial charge in [0, 0.05) is 32.1 Å². The summed E-state index contributed by atoms with van der Waals surface area (Å²) < 4.78 is 28.2. The molecule has 6 aromatic carbocycles. The minimum absolute atomic E-state index is 0.409. The lowest BCUT2D eigenvalue weighted by Gasteiger charge is -2.22. The summed E-state index contributed by atoms with van der Waals surface area (Å²) in [6.45, 7) is 13.0. The van der Waals surface area contributed by atoms with Crippen LogP contribution in [0.5, 0.6) is 11.5 Å². The zero-order chi connectivity index (χ0) is 35.9. The zero-order valence-corrected chi connectivity index (χ0v) is 31.2. The number of benzene rings is 6. The second-order valence-corrected chi connectivity index (χ2v) is 14.7. The third-order valence-electron chi connectivity index (χ3n) is 10.4. The largest absolute Gasteiger partial charge is 0.525 e. The SMILES string of the molecule is CCc1cc(CC)c(-c2cc3ccccc3c3c2OP(=O)(N=[N+]=[N-])Oc2c(-c4c(CC)cc(CC)cc4CC)cc4ccccc4c2-3)c(CC)c1. The predicted octanol–water partition coefficient (Wildman–Crippen LogP) is 13.6. The first-order chi connectivity index (χ1) is 24.8. The molecule has 51 heavy (non-hydrogen) atoms. The second kappa shape index (κ2) is 13.9. The summed E-state index contributed by atoms with van der Waals surface area (Å²) in [5.41, 5.74) is 22.5. The maximum absolute atomic E-state index is 15.0. The number of azide groups is 1. The van der Waals surface area contributed by atoms with Gasteiger partial charge in [0.25, 0.3) is 0 Å². The predicted molar refractivity (Wildman–Crippen MR) is 212 cm³/mol. The van der Waals surface area contributed by atoms with Crippen molar-refractivity contribution in [2.24, 2.45) is 4.88 Å². The molecule has 1 aliphatic rings. The molecule has 0 N–H and O–H groups in total. The van der Waals surface area contributed by atoms with Crippen molar-refractivity contribution in [3.63, 3.8) is 0 Å². The van der Waals surface area contributed by atoms with Crippen molar-refractivity contribution in [2.75, 3.05) is 0 Å². The lowest BCUT2D eigenvalue weighted by Crippen LogP contribution is -2.02. The fraction of sp³-hybridized carbons (Fsp3) is 0.273. The Labute approximate surface area is 300 Å². The Morgan fingerprint density at radius 1 is 0.549 bits per heavy atom. The molecule has 0 bridgehead atoms. The smallest absolute Gasteiger partial charge is 0.410 e. The highest BCUT2D eigenvalue weighted by Gasteiger charge is 2.39. The van der Waals surface area contributed by atoms with Crippen LogP contribution < -0.4 is 9.05 Å². The van der Waals surface area contributed by atoms with Crippen LogP contribution >= 0.6 is 7.75 Å². The van der Waals surface area contributed by atoms with Crippen molar-refractivity contribution in [3.05, 3.63) is 129 Å². The van der Waals surface area contributed by atoms with Gasteiger partial charge in [-0.05, 0) is 122 Å². The van der Waals surface area contributed by atoms with Crippen molar-refractivity contribution >= 4 is 29.3 Å². The summed E-state index contributed by atoms with van der Waals surface area (Å²) in [4.78, 5) is 6.86. The third kappa shape index (κ3) is 5.87. The van der Waals surface area contributed by atoms with Gasteiger partial charge in [-0.1, -0.05) is 114 Å².